The quantitative estimate of drug-likeness (QED) is 0.684. The predicted octanol–water partition coefficient (Wildman–Crippen LogP) is 3.71. The molecule has 0 aliphatic carbocycles. The number of aliphatic hydroxyl groups is 1. The molecule has 4 rings (SSSR count). The number of benzene rings is 2. The summed E-state index contributed by atoms with van der Waals surface area (Å²) in [6.45, 7) is 1.05. The van der Waals surface area contributed by atoms with Gasteiger partial charge in [-0.1, -0.05) is 24.3 Å². The van der Waals surface area contributed by atoms with Crippen molar-refractivity contribution in [3.8, 4) is 16.9 Å². The molecule has 0 amide bonds. The summed E-state index contributed by atoms with van der Waals surface area (Å²) in [4.78, 5) is 1.87. The summed E-state index contributed by atoms with van der Waals surface area (Å²) in [5.74, 6) is -1.88. The number of hydrogen-bond acceptors (Lipinski definition) is 4. The maximum Gasteiger partial charge on any atom is 0.250 e. The van der Waals surface area contributed by atoms with Gasteiger partial charge in [-0.2, -0.15) is 5.10 Å². The number of fused-ring (bicyclic) bond motifs is 1. The van der Waals surface area contributed by atoms with E-state index >= 15 is 0 Å². The monoisotopic (exact) mass is 401 g/mol. The van der Waals surface area contributed by atoms with Gasteiger partial charge in [0.05, 0.1) is 6.20 Å². The van der Waals surface area contributed by atoms with E-state index in [9.17, 15) is 13.9 Å². The van der Waals surface area contributed by atoms with E-state index in [2.05, 4.69) is 5.10 Å². The Labute approximate surface area is 168 Å². The van der Waals surface area contributed by atoms with Crippen molar-refractivity contribution in [2.45, 2.75) is 24.9 Å². The largest absolute Gasteiger partial charge is 0.490 e. The molecule has 1 saturated heterocycles. The summed E-state index contributed by atoms with van der Waals surface area (Å²) in [7, 11) is 1.88. The summed E-state index contributed by atoms with van der Waals surface area (Å²) in [6.07, 6.45) is 2.75. The van der Waals surface area contributed by atoms with Gasteiger partial charge >= 0.3 is 0 Å². The van der Waals surface area contributed by atoms with Crippen molar-refractivity contribution in [2.75, 3.05) is 26.2 Å². The van der Waals surface area contributed by atoms with Gasteiger partial charge in [-0.3, -0.25) is 4.68 Å². The Morgan fingerprint density at radius 1 is 1.14 bits per heavy atom. The van der Waals surface area contributed by atoms with Crippen molar-refractivity contribution in [3.05, 3.63) is 48.8 Å². The fourth-order valence-corrected chi connectivity index (χ4v) is 3.81. The molecule has 1 fully saturated rings. The van der Waals surface area contributed by atoms with Crippen molar-refractivity contribution in [1.82, 2.24) is 14.7 Å². The number of β-amino-alcohol motifs (C(OH)–C–C–N with tert-alkyl or cyclic N) is 1. The molecule has 5 nitrogen and oxygen atoms in total. The first kappa shape index (κ1) is 19.8. The lowest BCUT2D eigenvalue weighted by molar-refractivity contribution is -0.0628. The topological polar surface area (TPSA) is 50.5 Å². The number of likely N-dealkylation sites (tertiary alicyclic amines) is 1. The average Bonchev–Trinajstić information content (AvgIpc) is 3.14. The highest BCUT2D eigenvalue weighted by Gasteiger charge is 2.34. The van der Waals surface area contributed by atoms with Crippen LogP contribution in [0.1, 0.15) is 12.8 Å². The van der Waals surface area contributed by atoms with Crippen LogP contribution in [-0.2, 0) is 7.05 Å². The number of ether oxygens (including phenoxy) is 1. The number of piperidine rings is 1. The zero-order valence-corrected chi connectivity index (χ0v) is 16.4. The minimum absolute atomic E-state index is 0.114. The van der Waals surface area contributed by atoms with E-state index < -0.39 is 12.0 Å². The number of halogens is 2. The first-order valence-corrected chi connectivity index (χ1v) is 9.83. The van der Waals surface area contributed by atoms with Crippen LogP contribution in [0.3, 0.4) is 0 Å². The lowest BCUT2D eigenvalue weighted by Crippen LogP contribution is -2.44. The predicted molar refractivity (Wildman–Crippen MR) is 108 cm³/mol. The molecule has 1 aliphatic rings. The number of nitrogens with zero attached hydrogens (tertiary/aromatic N) is 3. The van der Waals surface area contributed by atoms with E-state index in [0.717, 1.165) is 21.9 Å². The highest BCUT2D eigenvalue weighted by Crippen LogP contribution is 2.34. The summed E-state index contributed by atoms with van der Waals surface area (Å²) in [5.41, 5.74) is 2.09. The Bertz CT molecular complexity index is 979. The second kappa shape index (κ2) is 8.08. The van der Waals surface area contributed by atoms with Crippen LogP contribution in [0, 0.1) is 0 Å². The van der Waals surface area contributed by atoms with Crippen LogP contribution < -0.4 is 4.74 Å². The van der Waals surface area contributed by atoms with Crippen molar-refractivity contribution in [1.29, 1.82) is 0 Å². The van der Waals surface area contributed by atoms with Gasteiger partial charge < -0.3 is 14.7 Å². The van der Waals surface area contributed by atoms with Crippen molar-refractivity contribution >= 4 is 10.8 Å². The molecule has 3 aromatic rings. The third-order valence-corrected chi connectivity index (χ3v) is 5.39. The number of alkyl halides is 2. The zero-order valence-electron chi connectivity index (χ0n) is 16.4. The Morgan fingerprint density at radius 2 is 1.86 bits per heavy atom. The zero-order chi connectivity index (χ0) is 20.4. The van der Waals surface area contributed by atoms with Crippen molar-refractivity contribution < 1.29 is 18.6 Å². The molecule has 7 heteroatoms. The van der Waals surface area contributed by atoms with Crippen LogP contribution in [0.4, 0.5) is 8.78 Å². The molecule has 154 valence electrons. The first-order valence-electron chi connectivity index (χ1n) is 9.83. The minimum atomic E-state index is -2.58. The number of hydrogen-bond donors (Lipinski definition) is 1. The van der Waals surface area contributed by atoms with Crippen LogP contribution in [-0.4, -0.2) is 58.1 Å². The molecule has 1 atom stereocenters. The van der Waals surface area contributed by atoms with Crippen LogP contribution in [0.2, 0.25) is 0 Å². The number of aryl methyl sites for hydroxylation is 1. The molecule has 0 spiro atoms. The molecule has 0 bridgehead atoms. The lowest BCUT2D eigenvalue weighted by atomic mass is 10.00. The number of aromatic nitrogens is 2. The van der Waals surface area contributed by atoms with E-state index in [1.54, 1.807) is 4.68 Å². The summed E-state index contributed by atoms with van der Waals surface area (Å²) in [6, 6.07) is 11.9. The van der Waals surface area contributed by atoms with Gasteiger partial charge in [-0.25, -0.2) is 8.78 Å². The van der Waals surface area contributed by atoms with E-state index in [4.69, 9.17) is 4.74 Å². The van der Waals surface area contributed by atoms with Crippen molar-refractivity contribution in [2.24, 2.45) is 7.05 Å². The highest BCUT2D eigenvalue weighted by atomic mass is 19.3. The highest BCUT2D eigenvalue weighted by molar-refractivity contribution is 5.99. The Hall–Kier alpha value is -2.51. The van der Waals surface area contributed by atoms with E-state index in [-0.39, 0.29) is 19.4 Å². The molecule has 1 unspecified atom stereocenters. The van der Waals surface area contributed by atoms with Crippen LogP contribution in [0.25, 0.3) is 21.9 Å². The van der Waals surface area contributed by atoms with Gasteiger partial charge in [0.1, 0.15) is 18.5 Å². The molecule has 0 radical (unpaired) electrons. The smallest absolute Gasteiger partial charge is 0.250 e. The normalized spacial score (nSPS) is 18.1. The van der Waals surface area contributed by atoms with Gasteiger partial charge in [-0.15, -0.1) is 0 Å². The summed E-state index contributed by atoms with van der Waals surface area (Å²) >= 11 is 0. The molecule has 1 N–H and O–H groups in total. The maximum absolute atomic E-state index is 13.3. The Morgan fingerprint density at radius 3 is 2.55 bits per heavy atom. The number of rotatable bonds is 6. The molecule has 29 heavy (non-hydrogen) atoms. The summed E-state index contributed by atoms with van der Waals surface area (Å²) in [5, 5.41) is 16.6. The molecular formula is C22H25F2N3O2. The van der Waals surface area contributed by atoms with Gasteiger partial charge in [0.15, 0.2) is 0 Å². The first-order chi connectivity index (χ1) is 13.9. The molecule has 1 aromatic heterocycles. The standard InChI is InChI=1S/C22H25F2N3O2/c1-26-13-16(12-25-26)18-6-7-21(20-5-3-2-4-19(18)20)29-15-17(28)14-27-10-8-22(23,24)9-11-27/h2-7,12-13,17,28H,8-11,14-15H2,1H3. The van der Waals surface area contributed by atoms with Gasteiger partial charge in [0, 0.05) is 56.7 Å². The average molecular weight is 401 g/mol. The lowest BCUT2D eigenvalue weighted by Gasteiger charge is -2.32. The van der Waals surface area contributed by atoms with Crippen LogP contribution in [0.15, 0.2) is 48.8 Å². The Balaban J connectivity index is 1.45. The fraction of sp³-hybridized carbons (Fsp3) is 0.409. The molecule has 0 saturated carbocycles. The Kier molecular flexibility index (Phi) is 5.52. The minimum Gasteiger partial charge on any atom is -0.490 e. The third-order valence-electron chi connectivity index (χ3n) is 5.39. The third kappa shape index (κ3) is 4.57. The van der Waals surface area contributed by atoms with Gasteiger partial charge in [0.25, 0.3) is 5.92 Å². The SMILES string of the molecule is Cn1cc(-c2ccc(OCC(O)CN3CCC(F)(F)CC3)c3ccccc23)cn1. The van der Waals surface area contributed by atoms with E-state index in [1.807, 2.05) is 60.7 Å². The van der Waals surface area contributed by atoms with E-state index in [1.165, 1.54) is 0 Å². The van der Waals surface area contributed by atoms with Gasteiger partial charge in [0.2, 0.25) is 0 Å². The van der Waals surface area contributed by atoms with Crippen LogP contribution >= 0.6 is 0 Å². The van der Waals surface area contributed by atoms with E-state index in [0.29, 0.717) is 25.4 Å². The molecule has 1 aliphatic heterocycles. The summed E-state index contributed by atoms with van der Waals surface area (Å²) < 4.78 is 34.2. The van der Waals surface area contributed by atoms with Crippen molar-refractivity contribution in [3.63, 3.8) is 0 Å². The maximum atomic E-state index is 13.3. The molecule has 2 aromatic carbocycles. The number of aliphatic hydroxyl groups excluding tert-OH is 1. The second-order valence-corrected chi connectivity index (χ2v) is 7.68. The molecular weight excluding hydrogens is 376 g/mol. The molecule has 2 heterocycles. The van der Waals surface area contributed by atoms with Crippen LogP contribution in [0.5, 0.6) is 5.75 Å². The second-order valence-electron chi connectivity index (χ2n) is 7.68. The fourth-order valence-electron chi connectivity index (χ4n) is 3.81. The van der Waals surface area contributed by atoms with Gasteiger partial charge in [-0.05, 0) is 23.1 Å².